The van der Waals surface area contributed by atoms with Crippen LogP contribution in [0.1, 0.15) is 49.4 Å². The fourth-order valence-corrected chi connectivity index (χ4v) is 5.91. The van der Waals surface area contributed by atoms with Crippen LogP contribution in [-0.2, 0) is 43.5 Å². The largest absolute Gasteiger partial charge is 0.468 e. The molecule has 0 spiro atoms. The monoisotopic (exact) mass is 658 g/mol. The molecule has 1 unspecified atom stereocenters. The zero-order chi connectivity index (χ0) is 34.6. The van der Waals surface area contributed by atoms with Crippen molar-refractivity contribution in [2.24, 2.45) is 0 Å². The summed E-state index contributed by atoms with van der Waals surface area (Å²) in [6, 6.07) is 23.0. The van der Waals surface area contributed by atoms with Gasteiger partial charge in [0, 0.05) is 19.7 Å². The van der Waals surface area contributed by atoms with Gasteiger partial charge in [-0.15, -0.1) is 0 Å². The van der Waals surface area contributed by atoms with Gasteiger partial charge in [0.05, 0.1) is 30.3 Å². The Bertz CT molecular complexity index is 1870. The Kier molecular flexibility index (Phi) is 9.69. The smallest absolute Gasteiger partial charge is 0.416 e. The van der Waals surface area contributed by atoms with E-state index in [0.29, 0.717) is 29.5 Å². The first-order valence-corrected chi connectivity index (χ1v) is 15.1. The molecule has 5 rings (SSSR count). The molecule has 1 atom stereocenters. The van der Waals surface area contributed by atoms with Gasteiger partial charge in [-0.05, 0) is 71.0 Å². The Morgan fingerprint density at radius 3 is 2.25 bits per heavy atom. The molecule has 2 amide bonds. The molecule has 1 aliphatic rings. The summed E-state index contributed by atoms with van der Waals surface area (Å²) in [5.41, 5.74) is 1.54. The second-order valence-corrected chi connectivity index (χ2v) is 11.7. The van der Waals surface area contributed by atoms with Gasteiger partial charge in [0.15, 0.2) is 0 Å². The third kappa shape index (κ3) is 6.95. The number of carbonyl (C=O) groups excluding carboxylic acids is 4. The van der Waals surface area contributed by atoms with Crippen LogP contribution in [0.15, 0.2) is 91.0 Å². The minimum atomic E-state index is -4.50. The van der Waals surface area contributed by atoms with Gasteiger partial charge in [-0.2, -0.15) is 13.2 Å². The summed E-state index contributed by atoms with van der Waals surface area (Å²) in [6.07, 6.45) is -3.64. The van der Waals surface area contributed by atoms with Crippen LogP contribution >= 0.6 is 0 Å². The molecule has 0 heterocycles. The second kappa shape index (κ2) is 13.7. The number of hydrogen-bond donors (Lipinski definition) is 1. The molecule has 0 aromatic heterocycles. The molecule has 0 saturated carbocycles. The van der Waals surface area contributed by atoms with Crippen molar-refractivity contribution in [3.05, 3.63) is 124 Å². The number of nitrogens with one attached hydrogen (secondary N) is 1. The van der Waals surface area contributed by atoms with E-state index >= 15 is 0 Å². The number of anilines is 1. The van der Waals surface area contributed by atoms with Gasteiger partial charge in [-0.1, -0.05) is 60.7 Å². The predicted octanol–water partition coefficient (Wildman–Crippen LogP) is 6.47. The van der Waals surface area contributed by atoms with Crippen LogP contribution in [0.25, 0.3) is 11.1 Å². The van der Waals surface area contributed by atoms with Gasteiger partial charge in [0.25, 0.3) is 11.8 Å². The lowest BCUT2D eigenvalue weighted by molar-refractivity contribution is -0.155. The first-order valence-electron chi connectivity index (χ1n) is 15.1. The maximum absolute atomic E-state index is 13.5. The summed E-state index contributed by atoms with van der Waals surface area (Å²) < 4.78 is 50.0. The highest BCUT2D eigenvalue weighted by atomic mass is 19.4. The number of halogens is 3. The van der Waals surface area contributed by atoms with E-state index < -0.39 is 40.9 Å². The van der Waals surface area contributed by atoms with Crippen LogP contribution in [-0.4, -0.2) is 56.5 Å². The number of amides is 2. The molecule has 0 bridgehead atoms. The molecule has 1 N–H and O–H groups in total. The van der Waals surface area contributed by atoms with Gasteiger partial charge in [-0.25, -0.2) is 0 Å². The summed E-state index contributed by atoms with van der Waals surface area (Å²) in [7, 11) is 4.38. The van der Waals surface area contributed by atoms with Crippen molar-refractivity contribution in [2.75, 3.05) is 33.1 Å². The van der Waals surface area contributed by atoms with Gasteiger partial charge in [0.1, 0.15) is 12.0 Å². The lowest BCUT2D eigenvalue weighted by Crippen LogP contribution is -2.40. The molecule has 1 aliphatic carbocycles. The molecule has 0 aliphatic heterocycles. The SMILES string of the molecule is COC(=O)C1(COC(=O)Cc2ccc(NC(=O)c3ccccc3-c3ccc(C(F)(F)F)cc3)c(C(=O)N(C)C)c2)CCc2ccccc21. The number of esters is 2. The molecule has 8 nitrogen and oxygen atoms in total. The molecule has 0 saturated heterocycles. The average molecular weight is 659 g/mol. The van der Waals surface area contributed by atoms with Crippen molar-refractivity contribution in [1.29, 1.82) is 0 Å². The molecule has 48 heavy (non-hydrogen) atoms. The Morgan fingerprint density at radius 1 is 0.875 bits per heavy atom. The topological polar surface area (TPSA) is 102 Å². The van der Waals surface area contributed by atoms with Crippen LogP contribution in [0.3, 0.4) is 0 Å². The van der Waals surface area contributed by atoms with Crippen molar-refractivity contribution >= 4 is 29.4 Å². The molecule has 248 valence electrons. The number of alkyl halides is 3. The Balaban J connectivity index is 1.35. The maximum atomic E-state index is 13.5. The highest BCUT2D eigenvalue weighted by Crippen LogP contribution is 2.40. The van der Waals surface area contributed by atoms with Crippen LogP contribution in [0.4, 0.5) is 18.9 Å². The first kappa shape index (κ1) is 33.9. The Hall–Kier alpha value is -5.45. The van der Waals surface area contributed by atoms with Crippen molar-refractivity contribution in [2.45, 2.75) is 30.9 Å². The predicted molar refractivity (Wildman–Crippen MR) is 172 cm³/mol. The molecule has 4 aromatic carbocycles. The molecule has 11 heteroatoms. The van der Waals surface area contributed by atoms with Crippen LogP contribution in [0.2, 0.25) is 0 Å². The highest BCUT2D eigenvalue weighted by Gasteiger charge is 2.47. The Morgan fingerprint density at radius 2 is 1.56 bits per heavy atom. The van der Waals surface area contributed by atoms with Crippen molar-refractivity contribution in [1.82, 2.24) is 4.90 Å². The maximum Gasteiger partial charge on any atom is 0.416 e. The van der Waals surface area contributed by atoms with Crippen LogP contribution in [0, 0.1) is 0 Å². The number of methoxy groups -OCH3 is 1. The van der Waals surface area contributed by atoms with Crippen molar-refractivity contribution in [3.63, 3.8) is 0 Å². The summed E-state index contributed by atoms with van der Waals surface area (Å²) >= 11 is 0. The summed E-state index contributed by atoms with van der Waals surface area (Å²) in [5.74, 6) is -2.13. The van der Waals surface area contributed by atoms with Crippen molar-refractivity contribution < 1.29 is 41.8 Å². The number of carbonyl (C=O) groups is 4. The summed E-state index contributed by atoms with van der Waals surface area (Å²) in [5, 5.41) is 2.75. The van der Waals surface area contributed by atoms with E-state index in [1.54, 1.807) is 38.4 Å². The third-order valence-electron chi connectivity index (χ3n) is 8.42. The van der Waals surface area contributed by atoms with Gasteiger partial charge < -0.3 is 19.7 Å². The van der Waals surface area contributed by atoms with E-state index in [0.717, 1.165) is 23.3 Å². The van der Waals surface area contributed by atoms with E-state index in [1.165, 1.54) is 42.3 Å². The number of fused-ring (bicyclic) bond motifs is 1. The fourth-order valence-electron chi connectivity index (χ4n) is 5.91. The molecular weight excluding hydrogens is 625 g/mol. The van der Waals surface area contributed by atoms with Gasteiger partial charge >= 0.3 is 18.1 Å². The van der Waals surface area contributed by atoms with Crippen molar-refractivity contribution in [3.8, 4) is 11.1 Å². The number of nitrogens with zero attached hydrogens (tertiary/aromatic N) is 1. The van der Waals surface area contributed by atoms with Gasteiger partial charge in [-0.3, -0.25) is 19.2 Å². The molecule has 4 aromatic rings. The number of benzene rings is 4. The summed E-state index contributed by atoms with van der Waals surface area (Å²) in [4.78, 5) is 54.0. The quantitative estimate of drug-likeness (QED) is 0.207. The average Bonchev–Trinajstić information content (AvgIpc) is 3.46. The normalized spacial score (nSPS) is 15.3. The van der Waals surface area contributed by atoms with Crippen LogP contribution < -0.4 is 5.32 Å². The number of hydrogen-bond acceptors (Lipinski definition) is 6. The van der Waals surface area contributed by atoms with E-state index in [-0.39, 0.29) is 29.8 Å². The minimum absolute atomic E-state index is 0.112. The van der Waals surface area contributed by atoms with E-state index in [9.17, 15) is 32.3 Å². The number of rotatable bonds is 9. The highest BCUT2D eigenvalue weighted by molar-refractivity contribution is 6.12. The molecule has 0 radical (unpaired) electrons. The fraction of sp³-hybridized carbons (Fsp3) is 0.243. The van der Waals surface area contributed by atoms with Crippen LogP contribution in [0.5, 0.6) is 0 Å². The lowest BCUT2D eigenvalue weighted by Gasteiger charge is -2.27. The second-order valence-electron chi connectivity index (χ2n) is 11.7. The molecular formula is C37H33F3N2O6. The Labute approximate surface area is 275 Å². The third-order valence-corrected chi connectivity index (χ3v) is 8.42. The standard InChI is InChI=1S/C37H33F3N2O6/c1-42(2)34(45)29-20-23(21-32(43)48-22-36(35(46)47-3)19-18-25-8-4-7-11-30(25)36)12-17-31(29)41-33(44)28-10-6-5-9-27(28)24-13-15-26(16-14-24)37(38,39)40/h4-17,20H,18-19,21-22H2,1-3H3,(H,41,44). The number of ether oxygens (including phenoxy) is 2. The van der Waals surface area contributed by atoms with E-state index in [1.807, 2.05) is 24.3 Å². The first-order chi connectivity index (χ1) is 22.8. The lowest BCUT2D eigenvalue weighted by atomic mass is 9.82. The summed E-state index contributed by atoms with van der Waals surface area (Å²) in [6.45, 7) is -0.203. The van der Waals surface area contributed by atoms with E-state index in [2.05, 4.69) is 5.32 Å². The minimum Gasteiger partial charge on any atom is -0.468 e. The zero-order valence-electron chi connectivity index (χ0n) is 26.5. The molecule has 0 fully saturated rings. The van der Waals surface area contributed by atoms with Gasteiger partial charge in [0.2, 0.25) is 0 Å². The zero-order valence-corrected chi connectivity index (χ0v) is 26.5. The number of aryl methyl sites for hydroxylation is 1. The van der Waals surface area contributed by atoms with E-state index in [4.69, 9.17) is 9.47 Å².